The van der Waals surface area contributed by atoms with Gasteiger partial charge in [0.05, 0.1) is 12.8 Å². The molecule has 2 rings (SSSR count). The van der Waals surface area contributed by atoms with Crippen LogP contribution in [0.3, 0.4) is 0 Å². The molecule has 2 aromatic rings. The standard InChI is InChI=1S/C22H26N2O4/c1-14-10-15(2)12-18(11-14)17(4)23-28-13-20-16(3)8-7-9-19(20)21(24-27-6)22(25)26-5/h7-12H,13H2,1-6H3/b23-17+,24-21+. The van der Waals surface area contributed by atoms with Gasteiger partial charge in [0.25, 0.3) is 0 Å². The minimum Gasteiger partial charge on any atom is -0.464 e. The van der Waals surface area contributed by atoms with E-state index in [1.807, 2.05) is 39.8 Å². The molecule has 0 atom stereocenters. The lowest BCUT2D eigenvalue weighted by Crippen LogP contribution is -2.20. The summed E-state index contributed by atoms with van der Waals surface area (Å²) in [6.45, 7) is 8.12. The van der Waals surface area contributed by atoms with Gasteiger partial charge < -0.3 is 14.4 Å². The van der Waals surface area contributed by atoms with Crippen LogP contribution in [-0.4, -0.2) is 31.6 Å². The van der Waals surface area contributed by atoms with Gasteiger partial charge in [0.1, 0.15) is 13.7 Å². The molecule has 0 aliphatic carbocycles. The second-order valence-corrected chi connectivity index (χ2v) is 6.54. The van der Waals surface area contributed by atoms with E-state index in [0.29, 0.717) is 5.56 Å². The van der Waals surface area contributed by atoms with E-state index in [1.165, 1.54) is 25.3 Å². The zero-order valence-electron chi connectivity index (χ0n) is 17.2. The van der Waals surface area contributed by atoms with Gasteiger partial charge in [0.15, 0.2) is 5.71 Å². The molecule has 148 valence electrons. The second-order valence-electron chi connectivity index (χ2n) is 6.54. The molecule has 0 fully saturated rings. The maximum atomic E-state index is 12.1. The summed E-state index contributed by atoms with van der Waals surface area (Å²) in [5, 5.41) is 8.08. The number of benzene rings is 2. The molecule has 0 saturated carbocycles. The Bertz CT molecular complexity index is 896. The first-order valence-electron chi connectivity index (χ1n) is 8.91. The highest BCUT2D eigenvalue weighted by Gasteiger charge is 2.20. The van der Waals surface area contributed by atoms with Crippen LogP contribution in [0.1, 0.15) is 40.3 Å². The molecule has 28 heavy (non-hydrogen) atoms. The van der Waals surface area contributed by atoms with E-state index in [2.05, 4.69) is 28.5 Å². The molecule has 0 spiro atoms. The first kappa shape index (κ1) is 21.2. The summed E-state index contributed by atoms with van der Waals surface area (Å²) >= 11 is 0. The predicted octanol–water partition coefficient (Wildman–Crippen LogP) is 4.08. The Kier molecular flexibility index (Phi) is 7.32. The van der Waals surface area contributed by atoms with Crippen LogP contribution in [0.25, 0.3) is 0 Å². The quantitative estimate of drug-likeness (QED) is 0.411. The molecular weight excluding hydrogens is 356 g/mol. The zero-order valence-corrected chi connectivity index (χ0v) is 17.2. The van der Waals surface area contributed by atoms with Crippen molar-refractivity contribution in [2.45, 2.75) is 34.3 Å². The number of oxime groups is 2. The van der Waals surface area contributed by atoms with Crippen molar-refractivity contribution in [3.63, 3.8) is 0 Å². The van der Waals surface area contributed by atoms with E-state index in [9.17, 15) is 4.79 Å². The molecule has 0 heterocycles. The number of carbonyl (C=O) groups excluding carboxylic acids is 1. The summed E-state index contributed by atoms with van der Waals surface area (Å²) in [7, 11) is 2.68. The van der Waals surface area contributed by atoms with E-state index in [1.54, 1.807) is 6.07 Å². The number of esters is 1. The third-order valence-corrected chi connectivity index (χ3v) is 4.28. The molecular formula is C22H26N2O4. The Hall–Kier alpha value is -3.15. The van der Waals surface area contributed by atoms with Crippen LogP contribution in [0, 0.1) is 20.8 Å². The average molecular weight is 382 g/mol. The van der Waals surface area contributed by atoms with Crippen LogP contribution in [0.2, 0.25) is 0 Å². The summed E-state index contributed by atoms with van der Waals surface area (Å²) in [5.41, 5.74) is 6.55. The van der Waals surface area contributed by atoms with E-state index in [0.717, 1.165) is 22.4 Å². The van der Waals surface area contributed by atoms with Crippen molar-refractivity contribution in [1.82, 2.24) is 0 Å². The lowest BCUT2D eigenvalue weighted by atomic mass is 9.99. The fourth-order valence-corrected chi connectivity index (χ4v) is 2.93. The SMILES string of the molecule is CO/N=C(/C(=O)OC)c1cccc(C)c1CO/N=C(\C)c1cc(C)cc(C)c1. The Labute approximate surface area is 165 Å². The van der Waals surface area contributed by atoms with Crippen molar-refractivity contribution in [2.75, 3.05) is 14.2 Å². The lowest BCUT2D eigenvalue weighted by Gasteiger charge is -2.12. The van der Waals surface area contributed by atoms with Gasteiger partial charge in [-0.15, -0.1) is 0 Å². The van der Waals surface area contributed by atoms with E-state index in [-0.39, 0.29) is 12.3 Å². The Morgan fingerprint density at radius 1 is 1.00 bits per heavy atom. The van der Waals surface area contributed by atoms with Gasteiger partial charge in [-0.1, -0.05) is 57.8 Å². The van der Waals surface area contributed by atoms with Crippen molar-refractivity contribution in [3.05, 3.63) is 69.8 Å². The van der Waals surface area contributed by atoms with Crippen LogP contribution in [0.5, 0.6) is 0 Å². The number of hydrogen-bond donors (Lipinski definition) is 0. The van der Waals surface area contributed by atoms with Crippen LogP contribution < -0.4 is 0 Å². The minimum atomic E-state index is -0.580. The minimum absolute atomic E-state index is 0.0855. The van der Waals surface area contributed by atoms with Crippen LogP contribution in [0.4, 0.5) is 0 Å². The maximum Gasteiger partial charge on any atom is 0.360 e. The molecule has 0 amide bonds. The molecule has 6 heteroatoms. The molecule has 0 N–H and O–H groups in total. The maximum absolute atomic E-state index is 12.1. The van der Waals surface area contributed by atoms with Gasteiger partial charge in [0.2, 0.25) is 0 Å². The Morgan fingerprint density at radius 2 is 1.68 bits per heavy atom. The van der Waals surface area contributed by atoms with Crippen molar-refractivity contribution in [3.8, 4) is 0 Å². The summed E-state index contributed by atoms with van der Waals surface area (Å²) in [5.74, 6) is -0.580. The number of nitrogens with zero attached hydrogens (tertiary/aromatic N) is 2. The molecule has 0 aliphatic heterocycles. The monoisotopic (exact) mass is 382 g/mol. The predicted molar refractivity (Wildman–Crippen MR) is 110 cm³/mol. The van der Waals surface area contributed by atoms with Crippen molar-refractivity contribution >= 4 is 17.4 Å². The second kappa shape index (κ2) is 9.69. The molecule has 0 radical (unpaired) electrons. The zero-order chi connectivity index (χ0) is 20.7. The number of aryl methyl sites for hydroxylation is 3. The number of ether oxygens (including phenoxy) is 1. The normalized spacial score (nSPS) is 11.9. The first-order chi connectivity index (χ1) is 13.4. The van der Waals surface area contributed by atoms with Crippen LogP contribution in [0.15, 0.2) is 46.7 Å². The highest BCUT2D eigenvalue weighted by Crippen LogP contribution is 2.18. The average Bonchev–Trinajstić information content (AvgIpc) is 2.66. The third-order valence-electron chi connectivity index (χ3n) is 4.28. The van der Waals surface area contributed by atoms with Gasteiger partial charge in [-0.25, -0.2) is 4.79 Å². The fraction of sp³-hybridized carbons (Fsp3) is 0.318. The van der Waals surface area contributed by atoms with Gasteiger partial charge in [-0.2, -0.15) is 0 Å². The number of rotatable bonds is 7. The van der Waals surface area contributed by atoms with Crippen LogP contribution >= 0.6 is 0 Å². The van der Waals surface area contributed by atoms with Crippen LogP contribution in [-0.2, 0) is 25.8 Å². The summed E-state index contributed by atoms with van der Waals surface area (Å²) in [6, 6.07) is 11.8. The van der Waals surface area contributed by atoms with E-state index < -0.39 is 5.97 Å². The molecule has 2 aromatic carbocycles. The van der Waals surface area contributed by atoms with Gasteiger partial charge >= 0.3 is 5.97 Å². The lowest BCUT2D eigenvalue weighted by molar-refractivity contribution is -0.132. The number of carbonyl (C=O) groups is 1. The first-order valence-corrected chi connectivity index (χ1v) is 8.91. The van der Waals surface area contributed by atoms with Gasteiger partial charge in [0, 0.05) is 11.1 Å². The van der Waals surface area contributed by atoms with Crippen molar-refractivity contribution in [1.29, 1.82) is 0 Å². The molecule has 0 aromatic heterocycles. The van der Waals surface area contributed by atoms with E-state index >= 15 is 0 Å². The fourth-order valence-electron chi connectivity index (χ4n) is 2.93. The third kappa shape index (κ3) is 5.19. The highest BCUT2D eigenvalue weighted by atomic mass is 16.6. The van der Waals surface area contributed by atoms with Crippen molar-refractivity contribution < 1.29 is 19.2 Å². The van der Waals surface area contributed by atoms with Gasteiger partial charge in [-0.3, -0.25) is 0 Å². The Morgan fingerprint density at radius 3 is 2.29 bits per heavy atom. The summed E-state index contributed by atoms with van der Waals surface area (Å²) < 4.78 is 4.82. The Balaban J connectivity index is 2.29. The summed E-state index contributed by atoms with van der Waals surface area (Å²) in [6.07, 6.45) is 0. The molecule has 6 nitrogen and oxygen atoms in total. The van der Waals surface area contributed by atoms with E-state index in [4.69, 9.17) is 14.4 Å². The molecule has 0 saturated heterocycles. The summed E-state index contributed by atoms with van der Waals surface area (Å²) in [4.78, 5) is 22.5. The molecule has 0 unspecified atom stereocenters. The number of methoxy groups -OCH3 is 1. The highest BCUT2D eigenvalue weighted by molar-refractivity contribution is 6.43. The number of hydrogen-bond acceptors (Lipinski definition) is 6. The molecule has 0 bridgehead atoms. The van der Waals surface area contributed by atoms with Crippen molar-refractivity contribution in [2.24, 2.45) is 10.3 Å². The molecule has 0 aliphatic rings. The largest absolute Gasteiger partial charge is 0.464 e. The smallest absolute Gasteiger partial charge is 0.360 e. The topological polar surface area (TPSA) is 69.5 Å². The van der Waals surface area contributed by atoms with Gasteiger partial charge in [-0.05, 0) is 38.8 Å².